The van der Waals surface area contributed by atoms with E-state index in [1.807, 2.05) is 43.5 Å². The van der Waals surface area contributed by atoms with Gasteiger partial charge in [0.2, 0.25) is 5.91 Å². The van der Waals surface area contributed by atoms with Crippen molar-refractivity contribution in [2.45, 2.75) is 19.8 Å². The molecule has 3 aromatic rings. The summed E-state index contributed by atoms with van der Waals surface area (Å²) in [5, 5.41) is 2.95. The highest BCUT2D eigenvalue weighted by Crippen LogP contribution is 2.32. The molecule has 0 unspecified atom stereocenters. The molecule has 138 valence electrons. The normalized spacial score (nSPS) is 15.1. The van der Waals surface area contributed by atoms with Crippen LogP contribution in [0.5, 0.6) is 0 Å². The van der Waals surface area contributed by atoms with E-state index in [1.165, 1.54) is 0 Å². The summed E-state index contributed by atoms with van der Waals surface area (Å²) >= 11 is 0. The Morgan fingerprint density at radius 1 is 1.15 bits per heavy atom. The van der Waals surface area contributed by atoms with Crippen molar-refractivity contribution < 1.29 is 4.79 Å². The molecular formula is C22H24N4O. The first-order valence-electron chi connectivity index (χ1n) is 9.60. The number of nitrogens with zero attached hydrogens (tertiary/aromatic N) is 3. The number of rotatable bonds is 4. The predicted octanol–water partition coefficient (Wildman–Crippen LogP) is 3.65. The lowest BCUT2D eigenvalue weighted by molar-refractivity contribution is -0.125. The Morgan fingerprint density at radius 3 is 2.67 bits per heavy atom. The monoisotopic (exact) mass is 360 g/mol. The second kappa shape index (κ2) is 7.74. The van der Waals surface area contributed by atoms with Crippen LogP contribution in [-0.2, 0) is 4.79 Å². The summed E-state index contributed by atoms with van der Waals surface area (Å²) in [5.74, 6) is 0.288. The van der Waals surface area contributed by atoms with Crippen LogP contribution in [0.4, 0.5) is 5.69 Å². The lowest BCUT2D eigenvalue weighted by Gasteiger charge is -2.33. The summed E-state index contributed by atoms with van der Waals surface area (Å²) in [6.07, 6.45) is 3.55. The summed E-state index contributed by atoms with van der Waals surface area (Å²) in [6.45, 7) is 4.36. The summed E-state index contributed by atoms with van der Waals surface area (Å²) in [7, 11) is 0. The predicted molar refractivity (Wildman–Crippen MR) is 109 cm³/mol. The van der Waals surface area contributed by atoms with Crippen molar-refractivity contribution in [3.63, 3.8) is 0 Å². The zero-order chi connectivity index (χ0) is 18.6. The fourth-order valence-electron chi connectivity index (χ4n) is 3.74. The van der Waals surface area contributed by atoms with Gasteiger partial charge in [0.25, 0.3) is 0 Å². The maximum Gasteiger partial charge on any atom is 0.223 e. The number of carbonyl (C=O) groups excluding carboxylic acids is 1. The maximum atomic E-state index is 12.1. The fraction of sp³-hybridized carbons (Fsp3) is 0.318. The van der Waals surface area contributed by atoms with E-state index < -0.39 is 0 Å². The first kappa shape index (κ1) is 17.5. The first-order chi connectivity index (χ1) is 13.3. The summed E-state index contributed by atoms with van der Waals surface area (Å²) in [6, 6.07) is 16.3. The zero-order valence-corrected chi connectivity index (χ0v) is 15.6. The zero-order valence-electron chi connectivity index (χ0n) is 15.6. The van der Waals surface area contributed by atoms with Crippen LogP contribution in [0.1, 0.15) is 19.8 Å². The van der Waals surface area contributed by atoms with Crippen LogP contribution in [0.3, 0.4) is 0 Å². The number of nitrogens with one attached hydrogen (secondary N) is 1. The minimum Gasteiger partial charge on any atom is -0.370 e. The minimum atomic E-state index is 0.107. The van der Waals surface area contributed by atoms with Crippen molar-refractivity contribution >= 4 is 22.6 Å². The van der Waals surface area contributed by atoms with E-state index in [2.05, 4.69) is 33.4 Å². The summed E-state index contributed by atoms with van der Waals surface area (Å²) in [5.41, 5.74) is 4.99. The standard InChI is InChI=1S/C22H24N4O/c1-2-23-22(27)17-10-13-26(14-11-17)20-15-19(16-7-4-3-5-8-16)25-18-9-6-12-24-21(18)20/h3-9,12,15,17H,2,10-11,13-14H2,1H3,(H,23,27). The van der Waals surface area contributed by atoms with Gasteiger partial charge in [-0.1, -0.05) is 30.3 Å². The number of hydrogen-bond donors (Lipinski definition) is 1. The third-order valence-corrected chi connectivity index (χ3v) is 5.17. The molecule has 0 radical (unpaired) electrons. The molecule has 4 rings (SSSR count). The van der Waals surface area contributed by atoms with Gasteiger partial charge in [0.1, 0.15) is 5.52 Å². The summed E-state index contributed by atoms with van der Waals surface area (Å²) < 4.78 is 0. The molecule has 5 nitrogen and oxygen atoms in total. The number of anilines is 1. The van der Waals surface area contributed by atoms with E-state index in [4.69, 9.17) is 4.98 Å². The van der Waals surface area contributed by atoms with Gasteiger partial charge in [-0.15, -0.1) is 0 Å². The Bertz CT molecular complexity index is 933. The quantitative estimate of drug-likeness (QED) is 0.772. The van der Waals surface area contributed by atoms with E-state index in [1.54, 1.807) is 0 Å². The van der Waals surface area contributed by atoms with Gasteiger partial charge in [0, 0.05) is 37.3 Å². The van der Waals surface area contributed by atoms with E-state index in [9.17, 15) is 4.79 Å². The highest BCUT2D eigenvalue weighted by atomic mass is 16.1. The van der Waals surface area contributed by atoms with E-state index in [0.717, 1.165) is 53.9 Å². The van der Waals surface area contributed by atoms with E-state index in [-0.39, 0.29) is 11.8 Å². The van der Waals surface area contributed by atoms with E-state index >= 15 is 0 Å². The molecule has 0 bridgehead atoms. The van der Waals surface area contributed by atoms with Gasteiger partial charge in [0.15, 0.2) is 0 Å². The van der Waals surface area contributed by atoms with Crippen molar-refractivity contribution in [3.8, 4) is 11.3 Å². The molecule has 1 N–H and O–H groups in total. The second-order valence-electron chi connectivity index (χ2n) is 6.92. The fourth-order valence-corrected chi connectivity index (χ4v) is 3.74. The number of pyridine rings is 2. The molecule has 5 heteroatoms. The third kappa shape index (κ3) is 3.63. The Balaban J connectivity index is 1.66. The molecule has 0 saturated carbocycles. The van der Waals surface area contributed by atoms with E-state index in [0.29, 0.717) is 6.54 Å². The van der Waals surface area contributed by atoms with Crippen LogP contribution in [0.25, 0.3) is 22.3 Å². The van der Waals surface area contributed by atoms with Gasteiger partial charge < -0.3 is 10.2 Å². The number of benzene rings is 1. The molecular weight excluding hydrogens is 336 g/mol. The maximum absolute atomic E-state index is 12.1. The average Bonchev–Trinajstić information content (AvgIpc) is 2.74. The molecule has 0 aliphatic carbocycles. The molecule has 1 saturated heterocycles. The molecule has 1 aromatic carbocycles. The number of amides is 1. The number of piperidine rings is 1. The molecule has 1 fully saturated rings. The molecule has 1 amide bonds. The Labute approximate surface area is 159 Å². The average molecular weight is 360 g/mol. The summed E-state index contributed by atoms with van der Waals surface area (Å²) in [4.78, 5) is 23.9. The molecule has 2 aromatic heterocycles. The number of aromatic nitrogens is 2. The lowest BCUT2D eigenvalue weighted by Crippen LogP contribution is -2.40. The van der Waals surface area contributed by atoms with Crippen LogP contribution in [-0.4, -0.2) is 35.5 Å². The molecule has 3 heterocycles. The Hall–Kier alpha value is -2.95. The molecule has 1 aliphatic rings. The van der Waals surface area contributed by atoms with Crippen molar-refractivity contribution in [1.82, 2.24) is 15.3 Å². The highest BCUT2D eigenvalue weighted by molar-refractivity contribution is 5.91. The van der Waals surface area contributed by atoms with Crippen molar-refractivity contribution in [3.05, 3.63) is 54.7 Å². The van der Waals surface area contributed by atoms with Gasteiger partial charge in [0.05, 0.1) is 16.9 Å². The topological polar surface area (TPSA) is 58.1 Å². The van der Waals surface area contributed by atoms with Crippen molar-refractivity contribution in [2.75, 3.05) is 24.5 Å². The highest BCUT2D eigenvalue weighted by Gasteiger charge is 2.26. The molecule has 27 heavy (non-hydrogen) atoms. The van der Waals surface area contributed by atoms with Gasteiger partial charge in [-0.2, -0.15) is 0 Å². The molecule has 1 aliphatic heterocycles. The van der Waals surface area contributed by atoms with Crippen molar-refractivity contribution in [2.24, 2.45) is 5.92 Å². The SMILES string of the molecule is CCNC(=O)C1CCN(c2cc(-c3ccccc3)nc3cccnc23)CC1. The number of hydrogen-bond acceptors (Lipinski definition) is 4. The lowest BCUT2D eigenvalue weighted by atomic mass is 9.95. The molecule has 0 atom stereocenters. The van der Waals surface area contributed by atoms with Gasteiger partial charge in [-0.25, -0.2) is 4.98 Å². The first-order valence-corrected chi connectivity index (χ1v) is 9.60. The third-order valence-electron chi connectivity index (χ3n) is 5.17. The van der Waals surface area contributed by atoms with Gasteiger partial charge >= 0.3 is 0 Å². The van der Waals surface area contributed by atoms with Crippen LogP contribution in [0, 0.1) is 5.92 Å². The van der Waals surface area contributed by atoms with Crippen LogP contribution in [0.2, 0.25) is 0 Å². The van der Waals surface area contributed by atoms with Crippen LogP contribution >= 0.6 is 0 Å². The number of carbonyl (C=O) groups is 1. The van der Waals surface area contributed by atoms with Crippen LogP contribution in [0.15, 0.2) is 54.7 Å². The Kier molecular flexibility index (Phi) is 5.01. The second-order valence-corrected chi connectivity index (χ2v) is 6.92. The largest absolute Gasteiger partial charge is 0.370 e. The van der Waals surface area contributed by atoms with Crippen molar-refractivity contribution in [1.29, 1.82) is 0 Å². The van der Waals surface area contributed by atoms with Gasteiger partial charge in [-0.3, -0.25) is 9.78 Å². The van der Waals surface area contributed by atoms with Crippen LogP contribution < -0.4 is 10.2 Å². The smallest absolute Gasteiger partial charge is 0.223 e. The van der Waals surface area contributed by atoms with Gasteiger partial charge in [-0.05, 0) is 38.0 Å². The minimum absolute atomic E-state index is 0.107. The number of fused-ring (bicyclic) bond motifs is 1. The molecule has 0 spiro atoms. The Morgan fingerprint density at radius 2 is 1.93 bits per heavy atom.